The maximum Gasteiger partial charge on any atom is 0.145 e. The third kappa shape index (κ3) is 2.21. The van der Waals surface area contributed by atoms with Crippen LogP contribution in [0.1, 0.15) is 12.5 Å². The molecule has 1 aliphatic rings. The van der Waals surface area contributed by atoms with Crippen molar-refractivity contribution in [3.63, 3.8) is 0 Å². The van der Waals surface area contributed by atoms with E-state index in [0.29, 0.717) is 13.2 Å². The fourth-order valence-corrected chi connectivity index (χ4v) is 2.35. The molecule has 1 fully saturated rings. The molecule has 2 aromatic carbocycles. The SMILES string of the molecule is CC(=O)C1(c2ccc(Oc3ccccc3)cc2)COC1. The van der Waals surface area contributed by atoms with Gasteiger partial charge in [-0.1, -0.05) is 30.3 Å². The normalized spacial score (nSPS) is 16.2. The van der Waals surface area contributed by atoms with Gasteiger partial charge < -0.3 is 9.47 Å². The molecular formula is C17H16O3. The summed E-state index contributed by atoms with van der Waals surface area (Å²) in [5.74, 6) is 1.72. The lowest BCUT2D eigenvalue weighted by Gasteiger charge is -2.39. The lowest BCUT2D eigenvalue weighted by atomic mass is 9.75. The molecule has 0 spiro atoms. The van der Waals surface area contributed by atoms with Crippen molar-refractivity contribution in [2.24, 2.45) is 0 Å². The fraction of sp³-hybridized carbons (Fsp3) is 0.235. The summed E-state index contributed by atoms with van der Waals surface area (Å²) in [5, 5.41) is 0. The first-order valence-corrected chi connectivity index (χ1v) is 6.63. The predicted molar refractivity (Wildman–Crippen MR) is 76.1 cm³/mol. The predicted octanol–water partition coefficient (Wildman–Crippen LogP) is 3.34. The molecule has 0 saturated carbocycles. The number of rotatable bonds is 4. The summed E-state index contributed by atoms with van der Waals surface area (Å²) in [4.78, 5) is 11.8. The number of ether oxygens (including phenoxy) is 2. The largest absolute Gasteiger partial charge is 0.457 e. The van der Waals surface area contributed by atoms with Gasteiger partial charge in [0, 0.05) is 0 Å². The molecule has 2 aromatic rings. The van der Waals surface area contributed by atoms with Crippen molar-refractivity contribution in [2.75, 3.05) is 13.2 Å². The molecule has 1 saturated heterocycles. The van der Waals surface area contributed by atoms with Gasteiger partial charge in [0.15, 0.2) is 0 Å². The number of hydrogen-bond donors (Lipinski definition) is 0. The lowest BCUT2D eigenvalue weighted by molar-refractivity contribution is -0.140. The Hall–Kier alpha value is -2.13. The third-order valence-electron chi connectivity index (χ3n) is 3.76. The minimum absolute atomic E-state index is 0.153. The van der Waals surface area contributed by atoms with E-state index in [9.17, 15) is 4.79 Å². The second-order valence-corrected chi connectivity index (χ2v) is 5.07. The maximum absolute atomic E-state index is 11.8. The molecule has 0 N–H and O–H groups in total. The van der Waals surface area contributed by atoms with Gasteiger partial charge in [0.05, 0.1) is 13.2 Å². The van der Waals surface area contributed by atoms with Gasteiger partial charge in [-0.3, -0.25) is 4.79 Å². The summed E-state index contributed by atoms with van der Waals surface area (Å²) >= 11 is 0. The molecule has 0 aromatic heterocycles. The Balaban J connectivity index is 1.80. The van der Waals surface area contributed by atoms with Crippen molar-refractivity contribution < 1.29 is 14.3 Å². The highest BCUT2D eigenvalue weighted by Crippen LogP contribution is 2.34. The van der Waals surface area contributed by atoms with E-state index in [2.05, 4.69) is 0 Å². The highest BCUT2D eigenvalue weighted by atomic mass is 16.5. The molecule has 0 aliphatic carbocycles. The van der Waals surface area contributed by atoms with Gasteiger partial charge >= 0.3 is 0 Å². The molecule has 1 aliphatic heterocycles. The molecule has 0 bridgehead atoms. The van der Waals surface area contributed by atoms with E-state index < -0.39 is 5.41 Å². The molecule has 0 atom stereocenters. The van der Waals surface area contributed by atoms with Crippen LogP contribution in [0, 0.1) is 0 Å². The topological polar surface area (TPSA) is 35.5 Å². The van der Waals surface area contributed by atoms with Crippen LogP contribution in [0.2, 0.25) is 0 Å². The molecule has 0 radical (unpaired) electrons. The minimum atomic E-state index is -0.453. The van der Waals surface area contributed by atoms with Crippen molar-refractivity contribution in [1.29, 1.82) is 0 Å². The van der Waals surface area contributed by atoms with Gasteiger partial charge in [0.25, 0.3) is 0 Å². The Morgan fingerprint density at radius 3 is 2.10 bits per heavy atom. The van der Waals surface area contributed by atoms with Gasteiger partial charge in [-0.25, -0.2) is 0 Å². The van der Waals surface area contributed by atoms with Gasteiger partial charge in [0.2, 0.25) is 0 Å². The quantitative estimate of drug-likeness (QED) is 0.853. The standard InChI is InChI=1S/C17H16O3/c1-13(18)17(11-19-12-17)14-7-9-16(10-8-14)20-15-5-3-2-4-6-15/h2-10H,11-12H2,1H3. The first-order chi connectivity index (χ1) is 9.71. The molecule has 102 valence electrons. The van der Waals surface area contributed by atoms with Gasteiger partial charge in [-0.05, 0) is 36.8 Å². The number of ketones is 1. The molecule has 20 heavy (non-hydrogen) atoms. The zero-order chi connectivity index (χ0) is 14.0. The van der Waals surface area contributed by atoms with Gasteiger partial charge in [-0.15, -0.1) is 0 Å². The number of para-hydroxylation sites is 1. The molecule has 3 nitrogen and oxygen atoms in total. The summed E-state index contributed by atoms with van der Waals surface area (Å²) in [7, 11) is 0. The number of carbonyl (C=O) groups excluding carboxylic acids is 1. The van der Waals surface area contributed by atoms with E-state index in [4.69, 9.17) is 9.47 Å². The van der Waals surface area contributed by atoms with Crippen LogP contribution >= 0.6 is 0 Å². The van der Waals surface area contributed by atoms with E-state index in [-0.39, 0.29) is 5.78 Å². The van der Waals surface area contributed by atoms with Gasteiger partial charge in [0.1, 0.15) is 22.7 Å². The Morgan fingerprint density at radius 2 is 1.60 bits per heavy atom. The zero-order valence-electron chi connectivity index (χ0n) is 11.3. The van der Waals surface area contributed by atoms with Crippen LogP contribution in [-0.2, 0) is 14.9 Å². The molecular weight excluding hydrogens is 252 g/mol. The summed E-state index contributed by atoms with van der Waals surface area (Å²) in [6.07, 6.45) is 0. The first-order valence-electron chi connectivity index (χ1n) is 6.63. The number of carbonyl (C=O) groups is 1. The Morgan fingerprint density at radius 1 is 1.00 bits per heavy atom. The van der Waals surface area contributed by atoms with Crippen molar-refractivity contribution in [3.8, 4) is 11.5 Å². The smallest absolute Gasteiger partial charge is 0.145 e. The summed E-state index contributed by atoms with van der Waals surface area (Å²) < 4.78 is 11.0. The molecule has 3 heteroatoms. The summed E-state index contributed by atoms with van der Waals surface area (Å²) in [6, 6.07) is 17.3. The van der Waals surface area contributed by atoms with Crippen LogP contribution in [0.4, 0.5) is 0 Å². The van der Waals surface area contributed by atoms with Crippen LogP contribution in [0.3, 0.4) is 0 Å². The van der Waals surface area contributed by atoms with Crippen LogP contribution in [0.5, 0.6) is 11.5 Å². The number of Topliss-reactive ketones (excluding diaryl/α,β-unsaturated/α-hetero) is 1. The van der Waals surface area contributed by atoms with Crippen LogP contribution in [0.25, 0.3) is 0 Å². The highest BCUT2D eigenvalue weighted by Gasteiger charge is 2.44. The van der Waals surface area contributed by atoms with E-state index in [1.54, 1.807) is 6.92 Å². The fourth-order valence-electron chi connectivity index (χ4n) is 2.35. The second-order valence-electron chi connectivity index (χ2n) is 5.07. The Labute approximate surface area is 118 Å². The Bertz CT molecular complexity index is 598. The Kier molecular flexibility index (Phi) is 3.28. The average Bonchev–Trinajstić information content (AvgIpc) is 2.40. The summed E-state index contributed by atoms with van der Waals surface area (Å²) in [5.41, 5.74) is 0.544. The van der Waals surface area contributed by atoms with Crippen LogP contribution < -0.4 is 4.74 Å². The lowest BCUT2D eigenvalue weighted by Crippen LogP contribution is -2.52. The van der Waals surface area contributed by atoms with Gasteiger partial charge in [-0.2, -0.15) is 0 Å². The third-order valence-corrected chi connectivity index (χ3v) is 3.76. The van der Waals surface area contributed by atoms with E-state index >= 15 is 0 Å². The first kappa shape index (κ1) is 12.9. The van der Waals surface area contributed by atoms with Crippen molar-refractivity contribution >= 4 is 5.78 Å². The molecule has 0 amide bonds. The monoisotopic (exact) mass is 268 g/mol. The zero-order valence-corrected chi connectivity index (χ0v) is 11.3. The minimum Gasteiger partial charge on any atom is -0.457 e. The number of benzene rings is 2. The molecule has 1 heterocycles. The van der Waals surface area contributed by atoms with Crippen molar-refractivity contribution in [3.05, 3.63) is 60.2 Å². The summed E-state index contributed by atoms with van der Waals surface area (Å²) in [6.45, 7) is 2.57. The average molecular weight is 268 g/mol. The maximum atomic E-state index is 11.8. The number of hydrogen-bond acceptors (Lipinski definition) is 3. The van der Waals surface area contributed by atoms with E-state index in [1.807, 2.05) is 54.6 Å². The molecule has 0 unspecified atom stereocenters. The highest BCUT2D eigenvalue weighted by molar-refractivity contribution is 5.89. The van der Waals surface area contributed by atoms with E-state index in [0.717, 1.165) is 17.1 Å². The van der Waals surface area contributed by atoms with Crippen molar-refractivity contribution in [1.82, 2.24) is 0 Å². The van der Waals surface area contributed by atoms with E-state index in [1.165, 1.54) is 0 Å². The van der Waals surface area contributed by atoms with Crippen molar-refractivity contribution in [2.45, 2.75) is 12.3 Å². The second kappa shape index (κ2) is 5.10. The van der Waals surface area contributed by atoms with Crippen LogP contribution in [0.15, 0.2) is 54.6 Å². The molecule has 3 rings (SSSR count). The van der Waals surface area contributed by atoms with Crippen LogP contribution in [-0.4, -0.2) is 19.0 Å².